The van der Waals surface area contributed by atoms with Crippen LogP contribution in [0, 0.1) is 5.92 Å². The van der Waals surface area contributed by atoms with Gasteiger partial charge in [0.25, 0.3) is 0 Å². The summed E-state index contributed by atoms with van der Waals surface area (Å²) in [6.07, 6.45) is 59.4. The van der Waals surface area contributed by atoms with Crippen molar-refractivity contribution in [3.05, 3.63) is 0 Å². The Morgan fingerprint density at radius 2 is 0.530 bits per heavy atom. The maximum atomic E-state index is 12.9. The van der Waals surface area contributed by atoms with Crippen LogP contribution in [0.25, 0.3) is 0 Å². The Morgan fingerprint density at radius 1 is 0.303 bits per heavy atom. The molecule has 0 aromatic heterocycles. The van der Waals surface area contributed by atoms with Crippen LogP contribution in [0.4, 0.5) is 0 Å². The molecule has 0 aromatic carbocycles. The molecule has 2 atom stereocenters. The summed E-state index contributed by atoms with van der Waals surface area (Å²) >= 11 is 0. The first-order valence-electron chi connectivity index (χ1n) is 29.9. The van der Waals surface area contributed by atoms with Crippen LogP contribution >= 0.6 is 0 Å². The molecule has 0 spiro atoms. The first kappa shape index (κ1) is 64.4. The number of unbranched alkanes of at least 4 members (excludes halogenated alkanes) is 41. The molecule has 0 aromatic rings. The van der Waals surface area contributed by atoms with Crippen molar-refractivity contribution in [1.29, 1.82) is 0 Å². The van der Waals surface area contributed by atoms with Crippen molar-refractivity contribution in [1.82, 2.24) is 0 Å². The minimum atomic E-state index is -0.762. The molecular formula is C60H116O6. The maximum Gasteiger partial charge on any atom is 0.306 e. The van der Waals surface area contributed by atoms with Crippen LogP contribution in [0.3, 0.4) is 0 Å². The molecule has 0 fully saturated rings. The lowest BCUT2D eigenvalue weighted by Gasteiger charge is -2.18. The lowest BCUT2D eigenvalue weighted by molar-refractivity contribution is -0.167. The standard InChI is InChI=1S/C60H116O6/c1-5-8-10-12-14-16-18-20-22-24-26-28-30-35-39-43-47-51-58(61)64-54-57(55-65-59(62)52-48-44-40-36-33-32-34-38-42-46-50-56(4)7-3)66-60(63)53-49-45-41-37-31-29-27-25-23-21-19-17-15-13-11-9-6-2/h56-57H,5-55H2,1-4H3/t56?,57-/m1/s1. The fourth-order valence-electron chi connectivity index (χ4n) is 9.25. The molecule has 0 saturated heterocycles. The molecule has 0 bridgehead atoms. The molecular weight excluding hydrogens is 817 g/mol. The normalized spacial score (nSPS) is 12.4. The number of carbonyl (C=O) groups is 3. The van der Waals surface area contributed by atoms with Crippen molar-refractivity contribution in [3.63, 3.8) is 0 Å². The molecule has 6 heteroatoms. The molecule has 0 aliphatic rings. The second kappa shape index (κ2) is 54.4. The predicted molar refractivity (Wildman–Crippen MR) is 284 cm³/mol. The van der Waals surface area contributed by atoms with E-state index in [2.05, 4.69) is 27.7 Å². The number of esters is 3. The Hall–Kier alpha value is -1.59. The molecule has 6 nitrogen and oxygen atoms in total. The van der Waals surface area contributed by atoms with Crippen LogP contribution in [0.5, 0.6) is 0 Å². The minimum Gasteiger partial charge on any atom is -0.462 e. The van der Waals surface area contributed by atoms with E-state index >= 15 is 0 Å². The molecule has 0 aliphatic heterocycles. The summed E-state index contributed by atoms with van der Waals surface area (Å²) in [5.74, 6) is 0.0362. The number of hydrogen-bond acceptors (Lipinski definition) is 6. The van der Waals surface area contributed by atoms with Crippen LogP contribution in [0.15, 0.2) is 0 Å². The zero-order valence-electron chi connectivity index (χ0n) is 45.2. The van der Waals surface area contributed by atoms with Crippen LogP contribution < -0.4 is 0 Å². The third-order valence-electron chi connectivity index (χ3n) is 14.2. The highest BCUT2D eigenvalue weighted by Crippen LogP contribution is 2.19. The summed E-state index contributed by atoms with van der Waals surface area (Å²) < 4.78 is 16.9. The van der Waals surface area contributed by atoms with E-state index in [0.29, 0.717) is 19.3 Å². The molecule has 0 radical (unpaired) electrons. The molecule has 0 N–H and O–H groups in total. The van der Waals surface area contributed by atoms with E-state index in [0.717, 1.165) is 63.7 Å². The van der Waals surface area contributed by atoms with Crippen molar-refractivity contribution in [2.24, 2.45) is 5.92 Å². The van der Waals surface area contributed by atoms with E-state index in [1.165, 1.54) is 238 Å². The highest BCUT2D eigenvalue weighted by Gasteiger charge is 2.19. The molecule has 66 heavy (non-hydrogen) atoms. The van der Waals surface area contributed by atoms with E-state index in [-0.39, 0.29) is 31.1 Å². The zero-order valence-corrected chi connectivity index (χ0v) is 45.2. The molecule has 0 rings (SSSR count). The number of rotatable bonds is 55. The van der Waals surface area contributed by atoms with E-state index in [4.69, 9.17) is 14.2 Å². The minimum absolute atomic E-state index is 0.0618. The van der Waals surface area contributed by atoms with E-state index in [1.807, 2.05) is 0 Å². The van der Waals surface area contributed by atoms with Gasteiger partial charge in [-0.15, -0.1) is 0 Å². The summed E-state index contributed by atoms with van der Waals surface area (Å²) in [7, 11) is 0. The molecule has 392 valence electrons. The average Bonchev–Trinajstić information content (AvgIpc) is 3.32. The Morgan fingerprint density at radius 3 is 0.788 bits per heavy atom. The van der Waals surface area contributed by atoms with Crippen molar-refractivity contribution in [2.75, 3.05) is 13.2 Å². The lowest BCUT2D eigenvalue weighted by Crippen LogP contribution is -2.30. The third kappa shape index (κ3) is 51.8. The average molecular weight is 934 g/mol. The van der Waals surface area contributed by atoms with Crippen molar-refractivity contribution >= 4 is 17.9 Å². The van der Waals surface area contributed by atoms with Crippen LogP contribution in [0.1, 0.15) is 342 Å². The van der Waals surface area contributed by atoms with Gasteiger partial charge in [-0.05, 0) is 25.2 Å². The molecule has 0 saturated carbocycles. The topological polar surface area (TPSA) is 78.9 Å². The summed E-state index contributed by atoms with van der Waals surface area (Å²) in [5, 5.41) is 0. The molecule has 1 unspecified atom stereocenters. The molecule has 0 heterocycles. The summed E-state index contributed by atoms with van der Waals surface area (Å²) in [6, 6.07) is 0. The van der Waals surface area contributed by atoms with Gasteiger partial charge in [-0.25, -0.2) is 0 Å². The van der Waals surface area contributed by atoms with Gasteiger partial charge >= 0.3 is 17.9 Å². The smallest absolute Gasteiger partial charge is 0.306 e. The summed E-state index contributed by atoms with van der Waals surface area (Å²) in [4.78, 5) is 38.2. The second-order valence-corrected chi connectivity index (χ2v) is 20.9. The fourth-order valence-corrected chi connectivity index (χ4v) is 9.25. The Kier molecular flexibility index (Phi) is 53.0. The SMILES string of the molecule is CCCCCCCCCCCCCCCCCCCC(=O)OC[C@H](COC(=O)CCCCCCCCCCCCC(C)CC)OC(=O)CCCCCCCCCCCCCCCCCCC. The highest BCUT2D eigenvalue weighted by atomic mass is 16.6. The fraction of sp³-hybridized carbons (Fsp3) is 0.950. The van der Waals surface area contributed by atoms with E-state index in [1.54, 1.807) is 0 Å². The quantitative estimate of drug-likeness (QED) is 0.0343. The van der Waals surface area contributed by atoms with Gasteiger partial charge in [0.2, 0.25) is 0 Å². The van der Waals surface area contributed by atoms with Crippen LogP contribution in [0.2, 0.25) is 0 Å². The van der Waals surface area contributed by atoms with Gasteiger partial charge in [0, 0.05) is 19.3 Å². The Balaban J connectivity index is 4.30. The maximum absolute atomic E-state index is 12.9. The van der Waals surface area contributed by atoms with Gasteiger partial charge in [-0.2, -0.15) is 0 Å². The molecule has 0 amide bonds. The Labute approximate surface area is 412 Å². The van der Waals surface area contributed by atoms with Crippen molar-refractivity contribution in [3.8, 4) is 0 Å². The largest absolute Gasteiger partial charge is 0.462 e. The van der Waals surface area contributed by atoms with Gasteiger partial charge < -0.3 is 14.2 Å². The van der Waals surface area contributed by atoms with Gasteiger partial charge in [0.15, 0.2) is 6.10 Å². The summed E-state index contributed by atoms with van der Waals surface area (Å²) in [5.41, 5.74) is 0. The van der Waals surface area contributed by atoms with Gasteiger partial charge in [-0.3, -0.25) is 14.4 Å². The van der Waals surface area contributed by atoms with E-state index < -0.39 is 6.10 Å². The predicted octanol–water partition coefficient (Wildman–Crippen LogP) is 19.8. The first-order valence-corrected chi connectivity index (χ1v) is 29.9. The number of hydrogen-bond donors (Lipinski definition) is 0. The van der Waals surface area contributed by atoms with Crippen LogP contribution in [-0.2, 0) is 28.6 Å². The molecule has 0 aliphatic carbocycles. The van der Waals surface area contributed by atoms with Gasteiger partial charge in [0.1, 0.15) is 13.2 Å². The number of ether oxygens (including phenoxy) is 3. The first-order chi connectivity index (χ1) is 32.4. The summed E-state index contributed by atoms with van der Waals surface area (Å²) in [6.45, 7) is 9.09. The van der Waals surface area contributed by atoms with Gasteiger partial charge in [-0.1, -0.05) is 304 Å². The third-order valence-corrected chi connectivity index (χ3v) is 14.2. The van der Waals surface area contributed by atoms with Crippen molar-refractivity contribution < 1.29 is 28.6 Å². The highest BCUT2D eigenvalue weighted by molar-refractivity contribution is 5.71. The Bertz CT molecular complexity index is 998. The number of carbonyl (C=O) groups excluding carboxylic acids is 3. The van der Waals surface area contributed by atoms with Crippen molar-refractivity contribution in [2.45, 2.75) is 348 Å². The van der Waals surface area contributed by atoms with Gasteiger partial charge in [0.05, 0.1) is 0 Å². The lowest BCUT2D eigenvalue weighted by atomic mass is 9.99. The van der Waals surface area contributed by atoms with E-state index in [9.17, 15) is 14.4 Å². The van der Waals surface area contributed by atoms with Crippen LogP contribution in [-0.4, -0.2) is 37.2 Å². The second-order valence-electron chi connectivity index (χ2n) is 20.9. The zero-order chi connectivity index (χ0) is 48.1. The monoisotopic (exact) mass is 933 g/mol.